The minimum atomic E-state index is 0.0270. The summed E-state index contributed by atoms with van der Waals surface area (Å²) < 4.78 is 1.84. The van der Waals surface area contributed by atoms with Gasteiger partial charge < -0.3 is 10.3 Å². The first-order chi connectivity index (χ1) is 8.09. The number of hydrogen-bond donors (Lipinski definition) is 1. The normalized spacial score (nSPS) is 10.5. The van der Waals surface area contributed by atoms with Gasteiger partial charge in [0.1, 0.15) is 5.03 Å². The maximum Gasteiger partial charge on any atom is 0.176 e. The fourth-order valence-corrected chi connectivity index (χ4v) is 2.60. The molecular formula is C13H14N2OS. The largest absolute Gasteiger partial charge is 0.397 e. The first kappa shape index (κ1) is 11.8. The van der Waals surface area contributed by atoms with Crippen LogP contribution in [-0.2, 0) is 7.05 Å². The van der Waals surface area contributed by atoms with Gasteiger partial charge in [-0.2, -0.15) is 0 Å². The van der Waals surface area contributed by atoms with Crippen molar-refractivity contribution in [3.63, 3.8) is 0 Å². The topological polar surface area (TPSA) is 48.0 Å². The molecule has 0 bridgehead atoms. The lowest BCUT2D eigenvalue weighted by Gasteiger charge is -2.06. The third-order valence-electron chi connectivity index (χ3n) is 2.52. The molecule has 3 nitrogen and oxygen atoms in total. The lowest BCUT2D eigenvalue weighted by atomic mass is 10.3. The molecule has 0 aliphatic rings. The molecule has 2 N–H and O–H groups in total. The molecule has 0 fully saturated rings. The number of Topliss-reactive ketones (excluding diaryl/α,β-unsaturated/α-hetero) is 1. The highest BCUT2D eigenvalue weighted by molar-refractivity contribution is 7.99. The Balaban J connectivity index is 2.37. The zero-order chi connectivity index (χ0) is 12.4. The Morgan fingerprint density at radius 3 is 2.47 bits per heavy atom. The van der Waals surface area contributed by atoms with Gasteiger partial charge in [-0.05, 0) is 18.2 Å². The summed E-state index contributed by atoms with van der Waals surface area (Å²) in [6.07, 6.45) is 0. The van der Waals surface area contributed by atoms with Crippen molar-refractivity contribution >= 4 is 23.2 Å². The summed E-state index contributed by atoms with van der Waals surface area (Å²) in [5.74, 6) is 0.0270. The van der Waals surface area contributed by atoms with E-state index in [1.54, 1.807) is 24.8 Å². The van der Waals surface area contributed by atoms with E-state index >= 15 is 0 Å². The number of aromatic nitrogens is 1. The summed E-state index contributed by atoms with van der Waals surface area (Å²) in [6.45, 7) is 1.55. The first-order valence-electron chi connectivity index (χ1n) is 5.28. The highest BCUT2D eigenvalue weighted by Gasteiger charge is 2.14. The van der Waals surface area contributed by atoms with Gasteiger partial charge in [-0.3, -0.25) is 4.79 Å². The Morgan fingerprint density at radius 1 is 1.29 bits per heavy atom. The Labute approximate surface area is 105 Å². The number of benzene rings is 1. The van der Waals surface area contributed by atoms with Crippen LogP contribution >= 0.6 is 11.8 Å². The zero-order valence-corrected chi connectivity index (χ0v) is 10.6. The highest BCUT2D eigenvalue weighted by atomic mass is 32.2. The average molecular weight is 246 g/mol. The van der Waals surface area contributed by atoms with Crippen molar-refractivity contribution in [2.45, 2.75) is 16.8 Å². The molecule has 1 aromatic carbocycles. The summed E-state index contributed by atoms with van der Waals surface area (Å²) in [5.41, 5.74) is 7.22. The molecule has 0 spiro atoms. The standard InChI is InChI=1S/C13H14N2OS/c1-9(16)12-8-11(14)13(15(12)2)17-10-6-4-3-5-7-10/h3-8H,14H2,1-2H3. The van der Waals surface area contributed by atoms with Gasteiger partial charge in [0, 0.05) is 18.9 Å². The van der Waals surface area contributed by atoms with Gasteiger partial charge >= 0.3 is 0 Å². The predicted octanol–water partition coefficient (Wildman–Crippen LogP) is 2.96. The zero-order valence-electron chi connectivity index (χ0n) is 9.81. The van der Waals surface area contributed by atoms with E-state index in [2.05, 4.69) is 0 Å². The smallest absolute Gasteiger partial charge is 0.176 e. The number of hydrogen-bond acceptors (Lipinski definition) is 3. The number of carbonyl (C=O) groups excluding carboxylic acids is 1. The van der Waals surface area contributed by atoms with Crippen LogP contribution in [0, 0.1) is 0 Å². The number of rotatable bonds is 3. The number of nitrogens with two attached hydrogens (primary N) is 1. The van der Waals surface area contributed by atoms with Gasteiger partial charge in [-0.1, -0.05) is 30.0 Å². The Kier molecular flexibility index (Phi) is 3.24. The van der Waals surface area contributed by atoms with Gasteiger partial charge in [0.15, 0.2) is 5.78 Å². The van der Waals surface area contributed by atoms with Crippen LogP contribution in [0.25, 0.3) is 0 Å². The molecule has 0 aliphatic carbocycles. The molecule has 2 aromatic rings. The van der Waals surface area contributed by atoms with Crippen LogP contribution in [-0.4, -0.2) is 10.4 Å². The van der Waals surface area contributed by atoms with Gasteiger partial charge in [-0.15, -0.1) is 0 Å². The second-order valence-electron chi connectivity index (χ2n) is 3.82. The summed E-state index contributed by atoms with van der Waals surface area (Å²) in [7, 11) is 1.86. The predicted molar refractivity (Wildman–Crippen MR) is 70.4 cm³/mol. The quantitative estimate of drug-likeness (QED) is 0.847. The van der Waals surface area contributed by atoms with Crippen LogP contribution in [0.15, 0.2) is 46.3 Å². The molecule has 1 heterocycles. The molecule has 17 heavy (non-hydrogen) atoms. The van der Waals surface area contributed by atoms with Crippen LogP contribution < -0.4 is 5.73 Å². The van der Waals surface area contributed by atoms with Crippen molar-refractivity contribution < 1.29 is 4.79 Å². The van der Waals surface area contributed by atoms with Crippen molar-refractivity contribution in [1.29, 1.82) is 0 Å². The minimum Gasteiger partial charge on any atom is -0.397 e. The number of carbonyl (C=O) groups is 1. The van der Waals surface area contributed by atoms with E-state index < -0.39 is 0 Å². The molecule has 88 valence electrons. The fraction of sp³-hybridized carbons (Fsp3) is 0.154. The van der Waals surface area contributed by atoms with E-state index in [1.807, 2.05) is 41.9 Å². The number of ketones is 1. The number of nitrogens with zero attached hydrogens (tertiary/aromatic N) is 1. The summed E-state index contributed by atoms with van der Waals surface area (Å²) in [5, 5.41) is 0.904. The second-order valence-corrected chi connectivity index (χ2v) is 4.88. The van der Waals surface area contributed by atoms with Crippen molar-refractivity contribution in [3.8, 4) is 0 Å². The van der Waals surface area contributed by atoms with E-state index in [-0.39, 0.29) is 5.78 Å². The molecule has 0 saturated heterocycles. The molecule has 1 aromatic heterocycles. The molecule has 2 rings (SSSR count). The van der Waals surface area contributed by atoms with Gasteiger partial charge in [0.25, 0.3) is 0 Å². The van der Waals surface area contributed by atoms with Gasteiger partial charge in [0.2, 0.25) is 0 Å². The molecule has 0 radical (unpaired) electrons. The molecule has 4 heteroatoms. The van der Waals surface area contributed by atoms with E-state index in [1.165, 1.54) is 0 Å². The van der Waals surface area contributed by atoms with Crippen LogP contribution in [0.5, 0.6) is 0 Å². The van der Waals surface area contributed by atoms with Crippen LogP contribution in [0.3, 0.4) is 0 Å². The van der Waals surface area contributed by atoms with E-state index in [4.69, 9.17) is 5.73 Å². The minimum absolute atomic E-state index is 0.0270. The Bertz CT molecular complexity index is 546. The summed E-state index contributed by atoms with van der Waals surface area (Å²) >= 11 is 1.56. The summed E-state index contributed by atoms with van der Waals surface area (Å²) in [6, 6.07) is 11.7. The monoisotopic (exact) mass is 246 g/mol. The SMILES string of the molecule is CC(=O)c1cc(N)c(Sc2ccccc2)n1C. The average Bonchev–Trinajstić information content (AvgIpc) is 2.58. The summed E-state index contributed by atoms with van der Waals surface area (Å²) in [4.78, 5) is 12.5. The third kappa shape index (κ3) is 2.36. The van der Waals surface area contributed by atoms with Crippen LogP contribution in [0.4, 0.5) is 5.69 Å². The van der Waals surface area contributed by atoms with Crippen molar-refractivity contribution in [2.24, 2.45) is 7.05 Å². The second kappa shape index (κ2) is 4.67. The third-order valence-corrected chi connectivity index (χ3v) is 3.73. The lowest BCUT2D eigenvalue weighted by molar-refractivity contribution is 0.100. The van der Waals surface area contributed by atoms with E-state index in [9.17, 15) is 4.79 Å². The molecule has 0 atom stereocenters. The van der Waals surface area contributed by atoms with Crippen molar-refractivity contribution in [2.75, 3.05) is 5.73 Å². The van der Waals surface area contributed by atoms with Crippen LogP contribution in [0.1, 0.15) is 17.4 Å². The highest BCUT2D eigenvalue weighted by Crippen LogP contribution is 2.33. The van der Waals surface area contributed by atoms with Gasteiger partial charge in [0.05, 0.1) is 11.4 Å². The van der Waals surface area contributed by atoms with Crippen molar-refractivity contribution in [3.05, 3.63) is 42.1 Å². The fourth-order valence-electron chi connectivity index (χ4n) is 1.67. The molecule has 0 aliphatic heterocycles. The van der Waals surface area contributed by atoms with E-state index in [0.717, 1.165) is 9.92 Å². The maximum absolute atomic E-state index is 11.4. The van der Waals surface area contributed by atoms with E-state index in [0.29, 0.717) is 11.4 Å². The number of nitrogen functional groups attached to an aromatic ring is 1. The molecule has 0 amide bonds. The van der Waals surface area contributed by atoms with Crippen LogP contribution in [0.2, 0.25) is 0 Å². The molecule has 0 saturated carbocycles. The van der Waals surface area contributed by atoms with Crippen molar-refractivity contribution in [1.82, 2.24) is 4.57 Å². The lowest BCUT2D eigenvalue weighted by Crippen LogP contribution is -2.02. The number of anilines is 1. The Hall–Kier alpha value is -1.68. The molecular weight excluding hydrogens is 232 g/mol. The Morgan fingerprint density at radius 2 is 1.94 bits per heavy atom. The molecule has 0 unspecified atom stereocenters. The maximum atomic E-state index is 11.4. The van der Waals surface area contributed by atoms with Gasteiger partial charge in [-0.25, -0.2) is 0 Å². The first-order valence-corrected chi connectivity index (χ1v) is 6.10.